The fourth-order valence-corrected chi connectivity index (χ4v) is 4.50. The summed E-state index contributed by atoms with van der Waals surface area (Å²) in [6.07, 6.45) is 2.59. The molecule has 2 atom stereocenters. The van der Waals surface area contributed by atoms with Gasteiger partial charge in [-0.15, -0.1) is 0 Å². The Balaban J connectivity index is 1.23. The first kappa shape index (κ1) is 21.1. The summed E-state index contributed by atoms with van der Waals surface area (Å²) >= 11 is 0. The molecule has 3 aliphatic rings. The van der Waals surface area contributed by atoms with E-state index in [2.05, 4.69) is 19.9 Å². The zero-order valence-electron chi connectivity index (χ0n) is 17.5. The van der Waals surface area contributed by atoms with Crippen molar-refractivity contribution < 1.29 is 22.7 Å². The Kier molecular flexibility index (Phi) is 5.48. The molecule has 0 N–H and O–H groups in total. The normalized spacial score (nSPS) is 24.2. The summed E-state index contributed by atoms with van der Waals surface area (Å²) in [4.78, 5) is 29.2. The van der Waals surface area contributed by atoms with Crippen molar-refractivity contribution in [2.24, 2.45) is 0 Å². The topological polar surface area (TPSA) is 71.5 Å². The van der Waals surface area contributed by atoms with E-state index in [0.29, 0.717) is 31.3 Å². The summed E-state index contributed by atoms with van der Waals surface area (Å²) in [6, 6.07) is 3.52. The Labute approximate surface area is 183 Å². The molecule has 0 unspecified atom stereocenters. The van der Waals surface area contributed by atoms with Crippen molar-refractivity contribution in [1.82, 2.24) is 24.8 Å². The molecule has 3 fully saturated rings. The van der Waals surface area contributed by atoms with E-state index in [1.165, 1.54) is 25.0 Å². The molecule has 2 aliphatic heterocycles. The molecule has 1 amide bonds. The standard InChI is InChI=1S/C22H24F3N5O2/c23-22(24,25)19-4-1-3-17(28-19)21(31)30-8-2-7-29-13-16(9-15(29)12-30)32-20-11-26-18(10-27-20)14-5-6-14/h1,3-4,10-11,14-16H,2,5-9,12-13H2/t15-,16-/m1/s1. The van der Waals surface area contributed by atoms with Gasteiger partial charge in [0.15, 0.2) is 0 Å². The van der Waals surface area contributed by atoms with E-state index in [-0.39, 0.29) is 17.8 Å². The lowest BCUT2D eigenvalue weighted by atomic mass is 10.1. The zero-order chi connectivity index (χ0) is 22.3. The van der Waals surface area contributed by atoms with Crippen molar-refractivity contribution in [3.63, 3.8) is 0 Å². The largest absolute Gasteiger partial charge is 0.472 e. The number of pyridine rings is 1. The van der Waals surface area contributed by atoms with E-state index in [0.717, 1.165) is 31.3 Å². The number of nitrogens with zero attached hydrogens (tertiary/aromatic N) is 5. The van der Waals surface area contributed by atoms with Crippen LogP contribution in [-0.2, 0) is 6.18 Å². The van der Waals surface area contributed by atoms with Gasteiger partial charge in [0.25, 0.3) is 5.91 Å². The van der Waals surface area contributed by atoms with Crippen LogP contribution in [0.1, 0.15) is 53.5 Å². The van der Waals surface area contributed by atoms with E-state index in [1.807, 2.05) is 0 Å². The lowest BCUT2D eigenvalue weighted by molar-refractivity contribution is -0.141. The Morgan fingerprint density at radius 2 is 1.94 bits per heavy atom. The molecule has 32 heavy (non-hydrogen) atoms. The summed E-state index contributed by atoms with van der Waals surface area (Å²) in [7, 11) is 0. The van der Waals surface area contributed by atoms with Crippen LogP contribution in [0, 0.1) is 0 Å². The molecule has 10 heteroatoms. The van der Waals surface area contributed by atoms with Crippen molar-refractivity contribution >= 4 is 5.91 Å². The van der Waals surface area contributed by atoms with E-state index in [1.54, 1.807) is 17.3 Å². The van der Waals surface area contributed by atoms with Crippen LogP contribution in [0.2, 0.25) is 0 Å². The Morgan fingerprint density at radius 1 is 1.09 bits per heavy atom. The fraction of sp³-hybridized carbons (Fsp3) is 0.545. The van der Waals surface area contributed by atoms with Gasteiger partial charge < -0.3 is 9.64 Å². The van der Waals surface area contributed by atoms with E-state index >= 15 is 0 Å². The number of amides is 1. The maximum absolute atomic E-state index is 13.0. The van der Waals surface area contributed by atoms with Gasteiger partial charge in [-0.25, -0.2) is 9.97 Å². The monoisotopic (exact) mass is 447 g/mol. The Morgan fingerprint density at radius 3 is 2.66 bits per heavy atom. The minimum absolute atomic E-state index is 0.0668. The van der Waals surface area contributed by atoms with Crippen LogP contribution in [0.5, 0.6) is 5.88 Å². The fourth-order valence-electron chi connectivity index (χ4n) is 4.50. The van der Waals surface area contributed by atoms with Gasteiger partial charge in [-0.3, -0.25) is 14.7 Å². The van der Waals surface area contributed by atoms with E-state index in [4.69, 9.17) is 4.74 Å². The molecule has 0 aromatic carbocycles. The lowest BCUT2D eigenvalue weighted by Gasteiger charge is -2.25. The van der Waals surface area contributed by atoms with Crippen molar-refractivity contribution in [3.8, 4) is 5.88 Å². The molecule has 170 valence electrons. The van der Waals surface area contributed by atoms with Gasteiger partial charge in [0.2, 0.25) is 5.88 Å². The number of halogens is 3. The van der Waals surface area contributed by atoms with Gasteiger partial charge >= 0.3 is 6.18 Å². The molecule has 4 heterocycles. The second-order valence-electron chi connectivity index (χ2n) is 8.69. The molecule has 1 aliphatic carbocycles. The molecular weight excluding hydrogens is 423 g/mol. The third kappa shape index (κ3) is 4.55. The molecular formula is C22H24F3N5O2. The summed E-state index contributed by atoms with van der Waals surface area (Å²) in [5.74, 6) is 0.567. The van der Waals surface area contributed by atoms with Crippen molar-refractivity contribution in [2.75, 3.05) is 26.2 Å². The highest BCUT2D eigenvalue weighted by Gasteiger charge is 2.38. The minimum atomic E-state index is -4.58. The average Bonchev–Trinajstić information content (AvgIpc) is 3.58. The summed E-state index contributed by atoms with van der Waals surface area (Å²) in [5.41, 5.74) is -0.219. The molecule has 5 rings (SSSR count). The van der Waals surface area contributed by atoms with Gasteiger partial charge in [-0.05, 0) is 31.4 Å². The average molecular weight is 447 g/mol. The number of hydrogen-bond donors (Lipinski definition) is 0. The van der Waals surface area contributed by atoms with Crippen LogP contribution >= 0.6 is 0 Å². The molecule has 0 radical (unpaired) electrons. The van der Waals surface area contributed by atoms with Crippen molar-refractivity contribution in [1.29, 1.82) is 0 Å². The van der Waals surface area contributed by atoms with Gasteiger partial charge in [-0.1, -0.05) is 6.07 Å². The van der Waals surface area contributed by atoms with Crippen LogP contribution in [0.25, 0.3) is 0 Å². The number of fused-ring (bicyclic) bond motifs is 1. The predicted molar refractivity (Wildman–Crippen MR) is 108 cm³/mol. The van der Waals surface area contributed by atoms with Gasteiger partial charge in [-0.2, -0.15) is 13.2 Å². The highest BCUT2D eigenvalue weighted by Crippen LogP contribution is 2.38. The number of carbonyl (C=O) groups is 1. The molecule has 2 saturated heterocycles. The quantitative estimate of drug-likeness (QED) is 0.717. The van der Waals surface area contributed by atoms with E-state index < -0.39 is 17.8 Å². The minimum Gasteiger partial charge on any atom is -0.472 e. The number of alkyl halides is 3. The predicted octanol–water partition coefficient (Wildman–Crippen LogP) is 3.14. The summed E-state index contributed by atoms with van der Waals surface area (Å²) < 4.78 is 45.0. The lowest BCUT2D eigenvalue weighted by Crippen LogP contribution is -2.40. The molecule has 0 bridgehead atoms. The smallest absolute Gasteiger partial charge is 0.433 e. The third-order valence-electron chi connectivity index (χ3n) is 6.27. The van der Waals surface area contributed by atoms with Crippen LogP contribution in [-0.4, -0.2) is 69.0 Å². The highest BCUT2D eigenvalue weighted by molar-refractivity contribution is 5.92. The van der Waals surface area contributed by atoms with Gasteiger partial charge in [0.05, 0.1) is 18.1 Å². The Bertz CT molecular complexity index is 980. The number of carbonyl (C=O) groups excluding carboxylic acids is 1. The molecule has 0 spiro atoms. The second-order valence-corrected chi connectivity index (χ2v) is 8.69. The molecule has 1 saturated carbocycles. The molecule has 2 aromatic heterocycles. The van der Waals surface area contributed by atoms with Gasteiger partial charge in [0, 0.05) is 44.6 Å². The third-order valence-corrected chi connectivity index (χ3v) is 6.27. The number of aromatic nitrogens is 3. The van der Waals surface area contributed by atoms with Crippen LogP contribution in [0.3, 0.4) is 0 Å². The second kappa shape index (κ2) is 8.31. The van der Waals surface area contributed by atoms with Crippen LogP contribution < -0.4 is 4.74 Å². The maximum Gasteiger partial charge on any atom is 0.433 e. The number of rotatable bonds is 4. The van der Waals surface area contributed by atoms with Crippen molar-refractivity contribution in [3.05, 3.63) is 47.7 Å². The molecule has 7 nitrogen and oxygen atoms in total. The number of hydrogen-bond acceptors (Lipinski definition) is 6. The number of ether oxygens (including phenoxy) is 1. The van der Waals surface area contributed by atoms with E-state index in [9.17, 15) is 18.0 Å². The first-order valence-corrected chi connectivity index (χ1v) is 10.9. The van der Waals surface area contributed by atoms with Crippen LogP contribution in [0.4, 0.5) is 13.2 Å². The molecule has 2 aromatic rings. The first-order valence-electron chi connectivity index (χ1n) is 10.9. The summed E-state index contributed by atoms with van der Waals surface area (Å²) in [5, 5.41) is 0. The summed E-state index contributed by atoms with van der Waals surface area (Å²) in [6.45, 7) is 2.45. The van der Waals surface area contributed by atoms with Gasteiger partial charge in [0.1, 0.15) is 17.5 Å². The Hall–Kier alpha value is -2.75. The van der Waals surface area contributed by atoms with Crippen LogP contribution in [0.15, 0.2) is 30.6 Å². The maximum atomic E-state index is 13.0. The van der Waals surface area contributed by atoms with Crippen molar-refractivity contribution in [2.45, 2.75) is 49.9 Å². The zero-order valence-corrected chi connectivity index (χ0v) is 17.5. The first-order chi connectivity index (χ1) is 15.4. The highest BCUT2D eigenvalue weighted by atomic mass is 19.4. The SMILES string of the molecule is O=C(c1cccc(C(F)(F)F)n1)N1CCCN2C[C@H](Oc3cnc(C4CC4)cn3)C[C@@H]2C1.